The predicted octanol–water partition coefficient (Wildman–Crippen LogP) is 4.11. The Kier molecular flexibility index (Phi) is 3.72. The van der Waals surface area contributed by atoms with Gasteiger partial charge in [-0.1, -0.05) is 50.3 Å². The second-order valence-electron chi connectivity index (χ2n) is 5.49. The van der Waals surface area contributed by atoms with Crippen LogP contribution in [-0.2, 0) is 0 Å². The van der Waals surface area contributed by atoms with E-state index in [9.17, 15) is 5.11 Å². The highest BCUT2D eigenvalue weighted by Gasteiger charge is 2.18. The molecule has 3 unspecified atom stereocenters. The molecule has 0 bridgehead atoms. The Morgan fingerprint density at radius 3 is 2.39 bits per heavy atom. The Morgan fingerprint density at radius 2 is 1.78 bits per heavy atom. The molecule has 3 atom stereocenters. The number of aryl methyl sites for hydroxylation is 2. The lowest BCUT2D eigenvalue weighted by Gasteiger charge is -2.22. The number of benzene rings is 1. The molecule has 0 saturated carbocycles. The lowest BCUT2D eigenvalue weighted by atomic mass is 9.85. The first-order valence-electron chi connectivity index (χ1n) is 6.64. The smallest absolute Gasteiger partial charge is 0.104 e. The third kappa shape index (κ3) is 2.56. The molecule has 1 aliphatic carbocycles. The van der Waals surface area contributed by atoms with Gasteiger partial charge in [-0.05, 0) is 47.9 Å². The van der Waals surface area contributed by atoms with Gasteiger partial charge in [0.2, 0.25) is 0 Å². The van der Waals surface area contributed by atoms with Crippen molar-refractivity contribution >= 4 is 0 Å². The lowest BCUT2D eigenvalue weighted by molar-refractivity contribution is 0.217. The lowest BCUT2D eigenvalue weighted by Crippen LogP contribution is -2.11. The van der Waals surface area contributed by atoms with Crippen molar-refractivity contribution in [2.75, 3.05) is 0 Å². The van der Waals surface area contributed by atoms with Crippen LogP contribution >= 0.6 is 0 Å². The first-order chi connectivity index (χ1) is 8.49. The van der Waals surface area contributed by atoms with Crippen LogP contribution in [0.2, 0.25) is 0 Å². The van der Waals surface area contributed by atoms with Crippen molar-refractivity contribution in [3.05, 3.63) is 58.7 Å². The molecule has 1 nitrogen and oxygen atoms in total. The van der Waals surface area contributed by atoms with Gasteiger partial charge in [0, 0.05) is 0 Å². The van der Waals surface area contributed by atoms with Crippen molar-refractivity contribution in [3.63, 3.8) is 0 Å². The van der Waals surface area contributed by atoms with E-state index in [1.165, 1.54) is 11.1 Å². The summed E-state index contributed by atoms with van der Waals surface area (Å²) >= 11 is 0. The minimum atomic E-state index is -0.504. The van der Waals surface area contributed by atoms with E-state index in [-0.39, 0.29) is 0 Å². The summed E-state index contributed by atoms with van der Waals surface area (Å²) in [5.74, 6) is 1.05. The maximum absolute atomic E-state index is 10.4. The molecule has 1 heteroatoms. The summed E-state index contributed by atoms with van der Waals surface area (Å²) in [5.41, 5.74) is 4.49. The molecular formula is C17H22O. The molecule has 0 radical (unpaired) electrons. The normalized spacial score (nSPS) is 24.8. The van der Waals surface area contributed by atoms with E-state index >= 15 is 0 Å². The molecule has 1 N–H and O–H groups in total. The number of hydrogen-bond acceptors (Lipinski definition) is 1. The zero-order chi connectivity index (χ0) is 13.3. The maximum atomic E-state index is 10.4. The summed E-state index contributed by atoms with van der Waals surface area (Å²) < 4.78 is 0. The fourth-order valence-electron chi connectivity index (χ4n) is 2.26. The molecule has 1 aromatic carbocycles. The first-order valence-corrected chi connectivity index (χ1v) is 6.64. The van der Waals surface area contributed by atoms with Gasteiger partial charge in [0.15, 0.2) is 0 Å². The summed E-state index contributed by atoms with van der Waals surface area (Å²) in [5, 5.41) is 10.4. The van der Waals surface area contributed by atoms with E-state index in [1.54, 1.807) is 0 Å². The maximum Gasteiger partial charge on any atom is 0.104 e. The van der Waals surface area contributed by atoms with Crippen molar-refractivity contribution in [2.45, 2.75) is 33.8 Å². The van der Waals surface area contributed by atoms with Crippen LogP contribution in [0.25, 0.3) is 0 Å². The highest BCUT2D eigenvalue weighted by molar-refractivity contribution is 5.38. The number of allylic oxidation sites excluding steroid dienone is 2. The number of aliphatic hydroxyl groups is 1. The fraction of sp³-hybridized carbons (Fsp3) is 0.412. The topological polar surface area (TPSA) is 20.2 Å². The van der Waals surface area contributed by atoms with Crippen LogP contribution in [0.15, 0.2) is 42.0 Å². The summed E-state index contributed by atoms with van der Waals surface area (Å²) in [6, 6.07) is 6.18. The molecule has 2 rings (SSSR count). The zero-order valence-electron chi connectivity index (χ0n) is 11.6. The minimum absolute atomic E-state index is 0.492. The van der Waals surface area contributed by atoms with Gasteiger partial charge in [-0.3, -0.25) is 0 Å². The fourth-order valence-corrected chi connectivity index (χ4v) is 2.26. The third-order valence-corrected chi connectivity index (χ3v) is 4.04. The standard InChI is InChI=1S/C17H22O/c1-11-5-7-15(9-13(11)3)17(18)16-8-6-12(2)14(4)10-16/h5-11,13,17-18H,1-4H3. The highest BCUT2D eigenvalue weighted by Crippen LogP contribution is 2.30. The quantitative estimate of drug-likeness (QED) is 0.827. The molecule has 0 fully saturated rings. The van der Waals surface area contributed by atoms with Gasteiger partial charge in [-0.25, -0.2) is 0 Å². The Labute approximate surface area is 110 Å². The molecule has 0 heterocycles. The molecule has 0 aromatic heterocycles. The van der Waals surface area contributed by atoms with E-state index < -0.39 is 6.10 Å². The number of aliphatic hydroxyl groups excluding tert-OH is 1. The largest absolute Gasteiger partial charge is 0.384 e. The second kappa shape index (κ2) is 5.11. The molecule has 1 aromatic rings. The minimum Gasteiger partial charge on any atom is -0.384 e. The van der Waals surface area contributed by atoms with Crippen molar-refractivity contribution in [1.29, 1.82) is 0 Å². The molecule has 0 amide bonds. The third-order valence-electron chi connectivity index (χ3n) is 4.04. The predicted molar refractivity (Wildman–Crippen MR) is 76.4 cm³/mol. The number of hydrogen-bond donors (Lipinski definition) is 1. The van der Waals surface area contributed by atoms with Crippen LogP contribution in [0.3, 0.4) is 0 Å². The van der Waals surface area contributed by atoms with E-state index in [1.807, 2.05) is 6.07 Å². The van der Waals surface area contributed by atoms with E-state index in [0.29, 0.717) is 11.8 Å². The molecule has 1 aliphatic rings. The second-order valence-corrected chi connectivity index (χ2v) is 5.49. The molecule has 18 heavy (non-hydrogen) atoms. The molecular weight excluding hydrogens is 220 g/mol. The van der Waals surface area contributed by atoms with Crippen molar-refractivity contribution in [1.82, 2.24) is 0 Å². The Bertz CT molecular complexity index is 496. The van der Waals surface area contributed by atoms with Gasteiger partial charge in [0.05, 0.1) is 0 Å². The Hall–Kier alpha value is -1.34. The van der Waals surface area contributed by atoms with Gasteiger partial charge in [0.25, 0.3) is 0 Å². The average molecular weight is 242 g/mol. The van der Waals surface area contributed by atoms with Crippen LogP contribution in [-0.4, -0.2) is 5.11 Å². The van der Waals surface area contributed by atoms with Crippen LogP contribution in [0.4, 0.5) is 0 Å². The highest BCUT2D eigenvalue weighted by atomic mass is 16.3. The van der Waals surface area contributed by atoms with Gasteiger partial charge in [-0.15, -0.1) is 0 Å². The van der Waals surface area contributed by atoms with Crippen molar-refractivity contribution in [2.24, 2.45) is 11.8 Å². The van der Waals surface area contributed by atoms with Gasteiger partial charge < -0.3 is 5.11 Å². The van der Waals surface area contributed by atoms with Gasteiger partial charge in [0.1, 0.15) is 6.10 Å². The van der Waals surface area contributed by atoms with Crippen molar-refractivity contribution < 1.29 is 5.11 Å². The van der Waals surface area contributed by atoms with Crippen LogP contribution < -0.4 is 0 Å². The number of rotatable bonds is 2. The molecule has 0 aliphatic heterocycles. The zero-order valence-corrected chi connectivity index (χ0v) is 11.6. The SMILES string of the molecule is Cc1ccc(C(O)C2=CC(C)C(C)C=C2)cc1C. The Morgan fingerprint density at radius 1 is 1.06 bits per heavy atom. The first kappa shape index (κ1) is 13.1. The summed E-state index contributed by atoms with van der Waals surface area (Å²) in [6.07, 6.45) is 5.93. The Balaban J connectivity index is 2.26. The van der Waals surface area contributed by atoms with Crippen LogP contribution in [0, 0.1) is 25.7 Å². The van der Waals surface area contributed by atoms with Crippen LogP contribution in [0.5, 0.6) is 0 Å². The summed E-state index contributed by atoms with van der Waals surface area (Å²) in [6.45, 7) is 8.58. The van der Waals surface area contributed by atoms with Gasteiger partial charge in [-0.2, -0.15) is 0 Å². The average Bonchev–Trinajstić information content (AvgIpc) is 2.35. The summed E-state index contributed by atoms with van der Waals surface area (Å²) in [7, 11) is 0. The van der Waals surface area contributed by atoms with Crippen molar-refractivity contribution in [3.8, 4) is 0 Å². The van der Waals surface area contributed by atoms with Crippen LogP contribution in [0.1, 0.15) is 36.6 Å². The van der Waals surface area contributed by atoms with E-state index in [4.69, 9.17) is 0 Å². The molecule has 0 spiro atoms. The molecule has 0 saturated heterocycles. The van der Waals surface area contributed by atoms with E-state index in [0.717, 1.165) is 11.1 Å². The summed E-state index contributed by atoms with van der Waals surface area (Å²) in [4.78, 5) is 0. The molecule has 96 valence electrons. The van der Waals surface area contributed by atoms with E-state index in [2.05, 4.69) is 58.1 Å². The monoisotopic (exact) mass is 242 g/mol. The van der Waals surface area contributed by atoms with Gasteiger partial charge >= 0.3 is 0 Å².